The number of aryl methyl sites for hydroxylation is 2. The lowest BCUT2D eigenvalue weighted by molar-refractivity contribution is 0.0776. The van der Waals surface area contributed by atoms with Crippen molar-refractivity contribution in [2.45, 2.75) is 52.1 Å². The summed E-state index contributed by atoms with van der Waals surface area (Å²) in [7, 11) is 0. The highest BCUT2D eigenvalue weighted by molar-refractivity contribution is 14.1. The first-order chi connectivity index (χ1) is 15.8. The summed E-state index contributed by atoms with van der Waals surface area (Å²) in [6.45, 7) is 7.90. The van der Waals surface area contributed by atoms with Gasteiger partial charge in [-0.25, -0.2) is 0 Å². The van der Waals surface area contributed by atoms with Gasteiger partial charge in [0, 0.05) is 15.2 Å². The van der Waals surface area contributed by atoms with Crippen molar-refractivity contribution in [1.29, 1.82) is 0 Å². The zero-order valence-electron chi connectivity index (χ0n) is 19.7. The quantitative estimate of drug-likeness (QED) is 0.262. The molecule has 0 fully saturated rings. The predicted octanol–water partition coefficient (Wildman–Crippen LogP) is 8.19. The van der Waals surface area contributed by atoms with Crippen molar-refractivity contribution < 1.29 is 9.84 Å². The lowest BCUT2D eigenvalue weighted by Crippen LogP contribution is -2.19. The van der Waals surface area contributed by atoms with E-state index in [1.54, 1.807) is 11.3 Å². The van der Waals surface area contributed by atoms with Gasteiger partial charge in [-0.2, -0.15) is 0 Å². The maximum absolute atomic E-state index is 9.77. The summed E-state index contributed by atoms with van der Waals surface area (Å²) in [4.78, 5) is 2.06. The fourth-order valence-electron chi connectivity index (χ4n) is 4.71. The van der Waals surface area contributed by atoms with Crippen LogP contribution < -0.4 is 0 Å². The fourth-order valence-corrected chi connectivity index (χ4v) is 6.65. The Morgan fingerprint density at radius 3 is 2.42 bits per heavy atom. The first-order valence-electron chi connectivity index (χ1n) is 11.7. The van der Waals surface area contributed by atoms with Crippen LogP contribution in [0.15, 0.2) is 70.3 Å². The van der Waals surface area contributed by atoms with Gasteiger partial charge in [0.1, 0.15) is 5.75 Å². The number of hydrogen-bond donors (Lipinski definition) is 1. The number of benzene rings is 2. The molecule has 1 aliphatic rings. The van der Waals surface area contributed by atoms with Crippen molar-refractivity contribution in [2.75, 3.05) is 6.61 Å². The molecule has 3 aromatic rings. The van der Waals surface area contributed by atoms with E-state index in [4.69, 9.17) is 4.74 Å². The second-order valence-corrected chi connectivity index (χ2v) is 12.2. The molecule has 0 radical (unpaired) electrons. The summed E-state index contributed by atoms with van der Waals surface area (Å²) >= 11 is 4.14. The van der Waals surface area contributed by atoms with Gasteiger partial charge in [-0.3, -0.25) is 0 Å². The molecule has 1 heterocycles. The lowest BCUT2D eigenvalue weighted by Gasteiger charge is -2.26. The van der Waals surface area contributed by atoms with E-state index in [1.807, 2.05) is 13.0 Å². The normalized spacial score (nSPS) is 18.5. The van der Waals surface area contributed by atoms with Crippen LogP contribution in [0, 0.1) is 18.8 Å². The summed E-state index contributed by atoms with van der Waals surface area (Å²) in [5, 5.41) is 9.77. The highest BCUT2D eigenvalue weighted by atomic mass is 127. The monoisotopic (exact) mass is 572 g/mol. The highest BCUT2D eigenvalue weighted by Gasteiger charge is 2.28. The van der Waals surface area contributed by atoms with Crippen molar-refractivity contribution in [3.8, 4) is 5.75 Å². The minimum atomic E-state index is 0.00366. The van der Waals surface area contributed by atoms with Gasteiger partial charge in [-0.05, 0) is 86.9 Å². The van der Waals surface area contributed by atoms with E-state index in [-0.39, 0.29) is 5.41 Å². The van der Waals surface area contributed by atoms with E-state index in [2.05, 4.69) is 97.1 Å². The van der Waals surface area contributed by atoms with Crippen molar-refractivity contribution in [3.63, 3.8) is 0 Å². The van der Waals surface area contributed by atoms with Gasteiger partial charge in [0.25, 0.3) is 0 Å². The molecular formula is C29H33IO2S. The molecule has 0 unspecified atom stereocenters. The number of aromatic hydroxyl groups is 1. The van der Waals surface area contributed by atoms with Crippen LogP contribution in [-0.4, -0.2) is 11.7 Å². The maximum Gasteiger partial charge on any atom is 0.129 e. The average Bonchev–Trinajstić information content (AvgIpc) is 3.33. The molecule has 1 N–H and O–H groups in total. The van der Waals surface area contributed by atoms with Gasteiger partial charge in [0.2, 0.25) is 0 Å². The third kappa shape index (κ3) is 5.90. The Hall–Kier alpha value is -1.63. The van der Waals surface area contributed by atoms with Crippen LogP contribution in [-0.2, 0) is 23.2 Å². The van der Waals surface area contributed by atoms with Crippen LogP contribution in [0.2, 0.25) is 0 Å². The number of ether oxygens (including phenoxy) is 1. The van der Waals surface area contributed by atoms with Gasteiger partial charge >= 0.3 is 0 Å². The topological polar surface area (TPSA) is 29.5 Å². The standard InChI is InChI=1S/C29H33IO2S/c1-20-28(31)17-25(33-20)19-32-18-22-12-16-27(30)26(22)15-11-21-9-13-24(14-10-21)29(2,3)23-7-5-4-6-8-23/h4-10,13-14,16-17,22,26,31H,11-12,15,18-19H2,1-3H3/t22-,26-/m1/s1. The first-order valence-corrected chi connectivity index (χ1v) is 13.6. The summed E-state index contributed by atoms with van der Waals surface area (Å²) < 4.78 is 7.54. The van der Waals surface area contributed by atoms with Crippen LogP contribution in [0.1, 0.15) is 53.1 Å². The minimum Gasteiger partial charge on any atom is -0.507 e. The molecule has 0 aliphatic heterocycles. The molecule has 174 valence electrons. The largest absolute Gasteiger partial charge is 0.507 e. The van der Waals surface area contributed by atoms with E-state index >= 15 is 0 Å². The van der Waals surface area contributed by atoms with E-state index in [1.165, 1.54) is 20.3 Å². The molecule has 0 amide bonds. The van der Waals surface area contributed by atoms with E-state index in [0.29, 0.717) is 24.2 Å². The Labute approximate surface area is 215 Å². The van der Waals surface area contributed by atoms with Crippen molar-refractivity contribution in [3.05, 3.63) is 96.8 Å². The molecule has 2 atom stereocenters. The fraction of sp³-hybridized carbons (Fsp3) is 0.379. The van der Waals surface area contributed by atoms with E-state index in [0.717, 1.165) is 35.6 Å². The van der Waals surface area contributed by atoms with Crippen LogP contribution in [0.4, 0.5) is 0 Å². The van der Waals surface area contributed by atoms with Gasteiger partial charge in [-0.1, -0.05) is 74.5 Å². The van der Waals surface area contributed by atoms with Crippen LogP contribution in [0.5, 0.6) is 5.75 Å². The van der Waals surface area contributed by atoms with Crippen LogP contribution >= 0.6 is 33.9 Å². The zero-order chi connectivity index (χ0) is 23.4. The molecule has 4 heteroatoms. The van der Waals surface area contributed by atoms with Gasteiger partial charge in [0.15, 0.2) is 0 Å². The average molecular weight is 573 g/mol. The Morgan fingerprint density at radius 2 is 1.76 bits per heavy atom. The summed E-state index contributed by atoms with van der Waals surface area (Å²) in [5.74, 6) is 1.50. The molecule has 0 bridgehead atoms. The molecule has 1 aliphatic carbocycles. The molecule has 2 nitrogen and oxygen atoms in total. The number of allylic oxidation sites excluding steroid dienone is 2. The third-order valence-corrected chi connectivity index (χ3v) is 9.23. The molecule has 0 spiro atoms. The SMILES string of the molecule is Cc1sc(COC[C@H]2CC=C(I)[C@@H]2CCc2ccc(C(C)(C)c3ccccc3)cc2)cc1O. The van der Waals surface area contributed by atoms with Crippen LogP contribution in [0.25, 0.3) is 0 Å². The molecule has 0 saturated carbocycles. The second-order valence-electron chi connectivity index (χ2n) is 9.59. The number of rotatable bonds is 9. The summed E-state index contributed by atoms with van der Waals surface area (Å²) in [6, 6.07) is 21.8. The Morgan fingerprint density at radius 1 is 1.06 bits per heavy atom. The van der Waals surface area contributed by atoms with Gasteiger partial charge in [0.05, 0.1) is 13.2 Å². The van der Waals surface area contributed by atoms with Crippen molar-refractivity contribution >= 4 is 33.9 Å². The lowest BCUT2D eigenvalue weighted by atomic mass is 9.78. The molecule has 0 saturated heterocycles. The van der Waals surface area contributed by atoms with Crippen molar-refractivity contribution in [1.82, 2.24) is 0 Å². The van der Waals surface area contributed by atoms with Crippen molar-refractivity contribution in [2.24, 2.45) is 11.8 Å². The van der Waals surface area contributed by atoms with E-state index in [9.17, 15) is 5.11 Å². The summed E-state index contributed by atoms with van der Waals surface area (Å²) in [6.07, 6.45) is 5.72. The maximum atomic E-state index is 9.77. The first kappa shape index (κ1) is 24.5. The number of thiophene rings is 1. The Balaban J connectivity index is 1.32. The summed E-state index contributed by atoms with van der Waals surface area (Å²) in [5.41, 5.74) is 4.11. The molecular weight excluding hydrogens is 539 g/mol. The second kappa shape index (κ2) is 10.7. The Bertz CT molecular complexity index is 1060. The van der Waals surface area contributed by atoms with Gasteiger partial charge < -0.3 is 9.84 Å². The smallest absolute Gasteiger partial charge is 0.129 e. The molecule has 33 heavy (non-hydrogen) atoms. The highest BCUT2D eigenvalue weighted by Crippen LogP contribution is 2.40. The number of halogens is 1. The molecule has 4 rings (SSSR count). The molecule has 1 aromatic heterocycles. The minimum absolute atomic E-state index is 0.00366. The van der Waals surface area contributed by atoms with E-state index < -0.39 is 0 Å². The van der Waals surface area contributed by atoms with Crippen LogP contribution in [0.3, 0.4) is 0 Å². The third-order valence-electron chi connectivity index (χ3n) is 6.97. The predicted molar refractivity (Wildman–Crippen MR) is 147 cm³/mol. The zero-order valence-corrected chi connectivity index (χ0v) is 22.7. The number of hydrogen-bond acceptors (Lipinski definition) is 3. The van der Waals surface area contributed by atoms with Gasteiger partial charge in [-0.15, -0.1) is 11.3 Å². The molecule has 2 aromatic carbocycles. The Kier molecular flexibility index (Phi) is 7.98.